The van der Waals surface area contributed by atoms with Crippen molar-refractivity contribution >= 4 is 27.0 Å². The second kappa shape index (κ2) is 8.71. The van der Waals surface area contributed by atoms with Gasteiger partial charge in [0.25, 0.3) is 0 Å². The maximum Gasteiger partial charge on any atom is 0.0437 e. The monoisotopic (exact) mass is 402 g/mol. The minimum absolute atomic E-state index is 0.606. The number of hydrogen-bond donors (Lipinski definition) is 0. The Bertz CT molecular complexity index is 969. The summed E-state index contributed by atoms with van der Waals surface area (Å²) >= 11 is 1.87. The maximum atomic E-state index is 4.76. The summed E-state index contributed by atoms with van der Waals surface area (Å²) in [4.78, 5) is 7.31. The number of hydrogen-bond acceptors (Lipinski definition) is 3. The lowest BCUT2D eigenvalue weighted by Crippen LogP contribution is -2.23. The van der Waals surface area contributed by atoms with E-state index in [0.29, 0.717) is 5.92 Å². The highest BCUT2D eigenvalue weighted by Crippen LogP contribution is 2.38. The second-order valence-corrected chi connectivity index (χ2v) is 9.55. The molecule has 0 radical (unpaired) electrons. The number of rotatable bonds is 6. The van der Waals surface area contributed by atoms with E-state index in [9.17, 15) is 0 Å². The Balaban J connectivity index is 1.31. The lowest BCUT2D eigenvalue weighted by atomic mass is 9.77. The van der Waals surface area contributed by atoms with E-state index < -0.39 is 0 Å². The van der Waals surface area contributed by atoms with Gasteiger partial charge in [0.2, 0.25) is 0 Å². The molecule has 0 amide bonds. The van der Waals surface area contributed by atoms with Gasteiger partial charge in [-0.1, -0.05) is 43.5 Å². The summed E-state index contributed by atoms with van der Waals surface area (Å²) in [6.45, 7) is 2.29. The van der Waals surface area contributed by atoms with Crippen LogP contribution < -0.4 is 0 Å². The number of pyridine rings is 1. The predicted octanol–water partition coefficient (Wildman–Crippen LogP) is 7.10. The van der Waals surface area contributed by atoms with E-state index in [1.54, 1.807) is 0 Å². The van der Waals surface area contributed by atoms with E-state index in [2.05, 4.69) is 52.9 Å². The van der Waals surface area contributed by atoms with Crippen LogP contribution in [0.3, 0.4) is 0 Å². The van der Waals surface area contributed by atoms with E-state index >= 15 is 0 Å². The van der Waals surface area contributed by atoms with Gasteiger partial charge in [-0.05, 0) is 71.7 Å². The molecule has 1 fully saturated rings. The average molecular weight is 403 g/mol. The van der Waals surface area contributed by atoms with E-state index in [4.69, 9.17) is 4.98 Å². The molecule has 150 valence electrons. The number of aromatic nitrogens is 1. The van der Waals surface area contributed by atoms with Gasteiger partial charge in [-0.15, -0.1) is 11.3 Å². The first kappa shape index (κ1) is 18.9. The third-order valence-electron chi connectivity index (χ3n) is 6.85. The molecule has 1 saturated carbocycles. The van der Waals surface area contributed by atoms with Crippen LogP contribution in [0.4, 0.5) is 0 Å². The molecule has 1 aliphatic heterocycles. The van der Waals surface area contributed by atoms with E-state index in [1.807, 2.05) is 23.6 Å². The second-order valence-electron chi connectivity index (χ2n) is 8.63. The molecule has 2 aromatic heterocycles. The first-order chi connectivity index (χ1) is 14.4. The van der Waals surface area contributed by atoms with Crippen LogP contribution in [0.15, 0.2) is 60.2 Å². The zero-order chi connectivity index (χ0) is 19.5. The zero-order valence-corrected chi connectivity index (χ0v) is 17.9. The van der Waals surface area contributed by atoms with Crippen LogP contribution in [0.1, 0.15) is 62.1 Å². The van der Waals surface area contributed by atoms with Gasteiger partial charge in [0, 0.05) is 41.8 Å². The van der Waals surface area contributed by atoms with Crippen molar-refractivity contribution in [1.82, 2.24) is 9.88 Å². The molecule has 1 atom stereocenters. The Morgan fingerprint density at radius 1 is 1.03 bits per heavy atom. The topological polar surface area (TPSA) is 16.1 Å². The maximum absolute atomic E-state index is 4.76. The third-order valence-corrected chi connectivity index (χ3v) is 7.81. The van der Waals surface area contributed by atoms with Crippen molar-refractivity contribution in [2.24, 2.45) is 5.92 Å². The minimum Gasteiger partial charge on any atom is -0.377 e. The largest absolute Gasteiger partial charge is 0.377 e. The minimum atomic E-state index is 0.606. The summed E-state index contributed by atoms with van der Waals surface area (Å²) < 4.78 is 1.44. The van der Waals surface area contributed by atoms with Crippen LogP contribution in [0.25, 0.3) is 15.7 Å². The van der Waals surface area contributed by atoms with Gasteiger partial charge in [-0.2, -0.15) is 0 Å². The molecular weight excluding hydrogens is 372 g/mol. The fourth-order valence-corrected chi connectivity index (χ4v) is 6.25. The van der Waals surface area contributed by atoms with Crippen molar-refractivity contribution in [2.45, 2.75) is 50.9 Å². The normalized spacial score (nSPS) is 18.9. The van der Waals surface area contributed by atoms with Crippen molar-refractivity contribution in [3.63, 3.8) is 0 Å². The average Bonchev–Trinajstić information content (AvgIpc) is 3.45. The summed E-state index contributed by atoms with van der Waals surface area (Å²) in [5.74, 6) is 1.42. The van der Waals surface area contributed by atoms with Gasteiger partial charge in [-0.25, -0.2) is 0 Å². The fourth-order valence-electron chi connectivity index (χ4n) is 5.30. The molecule has 5 rings (SSSR count). The van der Waals surface area contributed by atoms with Crippen molar-refractivity contribution in [2.75, 3.05) is 13.1 Å². The molecule has 2 aliphatic rings. The summed E-state index contributed by atoms with van der Waals surface area (Å²) in [6, 6.07) is 15.4. The van der Waals surface area contributed by atoms with Gasteiger partial charge in [0.05, 0.1) is 0 Å². The Labute approximate surface area is 178 Å². The Morgan fingerprint density at radius 2 is 1.97 bits per heavy atom. The standard InChI is InChI=1S/C26H30N2S/c1-2-7-20(8-3-1)23(25-11-4-5-15-27-25)13-17-28-16-12-22(19-28)24-10-6-9-21-14-18-29-26(21)24/h4-6,9-11,14-15,18-20,23H,1-3,7-8,12-13,16-17H2. The van der Waals surface area contributed by atoms with Crippen molar-refractivity contribution in [3.8, 4) is 0 Å². The van der Waals surface area contributed by atoms with E-state index in [1.165, 1.54) is 65.4 Å². The summed E-state index contributed by atoms with van der Waals surface area (Å²) in [7, 11) is 0. The van der Waals surface area contributed by atoms with Crippen LogP contribution in [-0.2, 0) is 0 Å². The van der Waals surface area contributed by atoms with Gasteiger partial charge in [0.15, 0.2) is 0 Å². The summed E-state index contributed by atoms with van der Waals surface area (Å²) in [5, 5.41) is 3.59. The van der Waals surface area contributed by atoms with Crippen LogP contribution in [-0.4, -0.2) is 23.0 Å². The fraction of sp³-hybridized carbons (Fsp3) is 0.423. The molecule has 3 heterocycles. The van der Waals surface area contributed by atoms with Crippen LogP contribution in [0.2, 0.25) is 0 Å². The number of fused-ring (bicyclic) bond motifs is 1. The summed E-state index contributed by atoms with van der Waals surface area (Å²) in [5.41, 5.74) is 4.25. The highest BCUT2D eigenvalue weighted by atomic mass is 32.1. The predicted molar refractivity (Wildman–Crippen MR) is 124 cm³/mol. The molecule has 3 aromatic rings. The van der Waals surface area contributed by atoms with Gasteiger partial charge in [0.1, 0.15) is 0 Å². The van der Waals surface area contributed by atoms with Crippen molar-refractivity contribution in [1.29, 1.82) is 0 Å². The van der Waals surface area contributed by atoms with Crippen LogP contribution >= 0.6 is 11.3 Å². The lowest BCUT2D eigenvalue weighted by Gasteiger charge is -2.31. The SMILES string of the molecule is C1=C(c2cccc3ccsc23)CCN1CCC(c1ccccn1)C1CCCCC1. The molecule has 2 nitrogen and oxygen atoms in total. The lowest BCUT2D eigenvalue weighted by molar-refractivity contribution is 0.269. The van der Waals surface area contributed by atoms with Gasteiger partial charge >= 0.3 is 0 Å². The highest BCUT2D eigenvalue weighted by Gasteiger charge is 2.27. The van der Waals surface area contributed by atoms with Gasteiger partial charge < -0.3 is 4.90 Å². The number of benzene rings is 1. The number of nitrogens with zero attached hydrogens (tertiary/aromatic N) is 2. The van der Waals surface area contributed by atoms with E-state index in [0.717, 1.165) is 25.4 Å². The molecule has 3 heteroatoms. The first-order valence-corrected chi connectivity index (χ1v) is 12.1. The van der Waals surface area contributed by atoms with Crippen LogP contribution in [0, 0.1) is 5.92 Å². The molecular formula is C26H30N2S. The quantitative estimate of drug-likeness (QED) is 0.437. The molecule has 1 aliphatic carbocycles. The smallest absolute Gasteiger partial charge is 0.0437 e. The molecule has 0 saturated heterocycles. The van der Waals surface area contributed by atoms with Crippen molar-refractivity contribution in [3.05, 3.63) is 71.5 Å². The Morgan fingerprint density at radius 3 is 2.83 bits per heavy atom. The Hall–Kier alpha value is -2.13. The third kappa shape index (κ3) is 4.11. The molecule has 1 unspecified atom stereocenters. The highest BCUT2D eigenvalue weighted by molar-refractivity contribution is 7.17. The molecule has 0 bridgehead atoms. The molecule has 0 spiro atoms. The van der Waals surface area contributed by atoms with Crippen LogP contribution in [0.5, 0.6) is 0 Å². The number of thiophene rings is 1. The van der Waals surface area contributed by atoms with Gasteiger partial charge in [-0.3, -0.25) is 4.98 Å². The first-order valence-electron chi connectivity index (χ1n) is 11.2. The zero-order valence-electron chi connectivity index (χ0n) is 17.1. The molecule has 29 heavy (non-hydrogen) atoms. The molecule has 0 N–H and O–H groups in total. The Kier molecular flexibility index (Phi) is 5.67. The summed E-state index contributed by atoms with van der Waals surface area (Å²) in [6.07, 6.45) is 13.7. The molecule has 1 aromatic carbocycles. The van der Waals surface area contributed by atoms with E-state index in [-0.39, 0.29) is 0 Å². The van der Waals surface area contributed by atoms with Crippen molar-refractivity contribution < 1.29 is 0 Å².